The lowest BCUT2D eigenvalue weighted by molar-refractivity contribution is -0.138. The van der Waals surface area contributed by atoms with Crippen molar-refractivity contribution in [2.75, 3.05) is 0 Å². The van der Waals surface area contributed by atoms with Crippen LogP contribution in [0.3, 0.4) is 0 Å². The summed E-state index contributed by atoms with van der Waals surface area (Å²) >= 11 is 0. The molecule has 1 aliphatic carbocycles. The molecule has 0 aromatic heterocycles. The summed E-state index contributed by atoms with van der Waals surface area (Å²) in [6, 6.07) is 7.94. The van der Waals surface area contributed by atoms with E-state index in [1.807, 2.05) is 33.8 Å². The number of ether oxygens (including phenoxy) is 1. The minimum absolute atomic E-state index is 0.0263. The number of benzene rings is 2. The summed E-state index contributed by atoms with van der Waals surface area (Å²) < 4.78 is 49.1. The van der Waals surface area contributed by atoms with Crippen LogP contribution in [-0.4, -0.2) is 23.2 Å². The number of alkyl halides is 3. The van der Waals surface area contributed by atoms with Gasteiger partial charge in [0.15, 0.2) is 0 Å². The molecule has 1 aliphatic rings. The summed E-state index contributed by atoms with van der Waals surface area (Å²) in [5, 5.41) is 13.2. The van der Waals surface area contributed by atoms with Crippen molar-refractivity contribution < 1.29 is 27.8 Å². The Hall–Kier alpha value is -2.28. The molecule has 36 heavy (non-hydrogen) atoms. The first-order valence-corrected chi connectivity index (χ1v) is 13.1. The SMILES string of the molecule is CCC1CCC(Oc2ccc3ccc(C(C)NC(CCC(=O)O)C(C)(C)C)cc3c2C(F)(F)F)CC1. The molecular weight excluding hydrogens is 467 g/mol. The Kier molecular flexibility index (Phi) is 8.97. The number of hydrogen-bond donors (Lipinski definition) is 2. The van der Waals surface area contributed by atoms with Crippen molar-refractivity contribution in [2.45, 2.75) is 104 Å². The maximum Gasteiger partial charge on any atom is 0.420 e. The first-order chi connectivity index (χ1) is 16.8. The Morgan fingerprint density at radius 2 is 1.75 bits per heavy atom. The first-order valence-electron chi connectivity index (χ1n) is 13.1. The molecule has 7 heteroatoms. The largest absolute Gasteiger partial charge is 0.490 e. The molecule has 0 amide bonds. The summed E-state index contributed by atoms with van der Waals surface area (Å²) in [6.45, 7) is 10.1. The molecule has 0 radical (unpaired) electrons. The van der Waals surface area contributed by atoms with E-state index in [9.17, 15) is 18.0 Å². The van der Waals surface area contributed by atoms with E-state index < -0.39 is 17.7 Å². The number of rotatable bonds is 9. The van der Waals surface area contributed by atoms with Crippen molar-refractivity contribution >= 4 is 16.7 Å². The third-order valence-corrected chi connectivity index (χ3v) is 7.60. The normalized spacial score (nSPS) is 20.8. The van der Waals surface area contributed by atoms with E-state index in [4.69, 9.17) is 9.84 Å². The monoisotopic (exact) mass is 507 g/mol. The molecule has 3 rings (SSSR count). The molecule has 0 heterocycles. The molecule has 2 unspecified atom stereocenters. The highest BCUT2D eigenvalue weighted by Gasteiger charge is 2.38. The summed E-state index contributed by atoms with van der Waals surface area (Å²) in [4.78, 5) is 11.1. The van der Waals surface area contributed by atoms with E-state index in [0.717, 1.165) is 37.7 Å². The van der Waals surface area contributed by atoms with E-state index in [1.54, 1.807) is 18.2 Å². The highest BCUT2D eigenvalue weighted by molar-refractivity contribution is 5.89. The van der Waals surface area contributed by atoms with E-state index >= 15 is 0 Å². The van der Waals surface area contributed by atoms with Gasteiger partial charge in [-0.1, -0.05) is 52.3 Å². The molecule has 1 saturated carbocycles. The zero-order chi connectivity index (χ0) is 26.7. The fourth-order valence-electron chi connectivity index (χ4n) is 5.25. The molecule has 2 atom stereocenters. The molecule has 4 nitrogen and oxygen atoms in total. The van der Waals surface area contributed by atoms with Crippen molar-refractivity contribution in [2.24, 2.45) is 11.3 Å². The number of fused-ring (bicyclic) bond motifs is 1. The van der Waals surface area contributed by atoms with Crippen LogP contribution >= 0.6 is 0 Å². The molecule has 0 bridgehead atoms. The predicted octanol–water partition coefficient (Wildman–Crippen LogP) is 8.14. The Labute approximate surface area is 212 Å². The van der Waals surface area contributed by atoms with Gasteiger partial charge in [0, 0.05) is 18.5 Å². The molecular formula is C29H40F3NO3. The maximum atomic E-state index is 14.4. The van der Waals surface area contributed by atoms with Crippen molar-refractivity contribution in [3.63, 3.8) is 0 Å². The van der Waals surface area contributed by atoms with E-state index in [0.29, 0.717) is 17.7 Å². The minimum Gasteiger partial charge on any atom is -0.490 e. The molecule has 2 aromatic carbocycles. The van der Waals surface area contributed by atoms with Gasteiger partial charge in [-0.2, -0.15) is 13.2 Å². The smallest absolute Gasteiger partial charge is 0.420 e. The van der Waals surface area contributed by atoms with Crippen LogP contribution in [0.2, 0.25) is 0 Å². The van der Waals surface area contributed by atoms with Gasteiger partial charge in [-0.15, -0.1) is 0 Å². The standard InChI is InChI=1S/C29H40F3NO3/c1-6-19-7-12-22(13-8-19)36-24-14-11-20-9-10-21(17-23(20)27(24)29(30,31)32)18(2)33-25(28(3,4)5)15-16-26(34)35/h9-11,14,17-19,22,25,33H,6-8,12-13,15-16H2,1-5H3,(H,34,35). The summed E-state index contributed by atoms with van der Waals surface area (Å²) in [5.41, 5.74) is -0.210. The number of carboxylic acid groups (broad SMARTS) is 1. The van der Waals surface area contributed by atoms with Crippen LogP contribution in [0.25, 0.3) is 10.8 Å². The van der Waals surface area contributed by atoms with Gasteiger partial charge in [0.05, 0.1) is 6.10 Å². The van der Waals surface area contributed by atoms with Gasteiger partial charge in [-0.3, -0.25) is 4.79 Å². The van der Waals surface area contributed by atoms with Gasteiger partial charge in [-0.25, -0.2) is 0 Å². The Balaban J connectivity index is 1.92. The second kappa shape index (κ2) is 11.4. The molecule has 0 aliphatic heterocycles. The zero-order valence-corrected chi connectivity index (χ0v) is 22.0. The average molecular weight is 508 g/mol. The van der Waals surface area contributed by atoms with Crippen LogP contribution in [0.15, 0.2) is 30.3 Å². The number of carbonyl (C=O) groups is 1. The van der Waals surface area contributed by atoms with E-state index in [-0.39, 0.29) is 41.2 Å². The van der Waals surface area contributed by atoms with Gasteiger partial charge in [-0.05, 0) is 78.8 Å². The van der Waals surface area contributed by atoms with E-state index in [1.165, 1.54) is 6.07 Å². The zero-order valence-electron chi connectivity index (χ0n) is 22.0. The van der Waals surface area contributed by atoms with Crippen molar-refractivity contribution in [3.8, 4) is 5.75 Å². The summed E-state index contributed by atoms with van der Waals surface area (Å²) in [7, 11) is 0. The fraction of sp³-hybridized carbons (Fsp3) is 0.621. The lowest BCUT2D eigenvalue weighted by Gasteiger charge is -2.34. The maximum absolute atomic E-state index is 14.4. The second-order valence-corrected chi connectivity index (χ2v) is 11.3. The number of hydrogen-bond acceptors (Lipinski definition) is 3. The topological polar surface area (TPSA) is 58.6 Å². The average Bonchev–Trinajstić information content (AvgIpc) is 2.79. The molecule has 0 saturated heterocycles. The lowest BCUT2D eigenvalue weighted by Crippen LogP contribution is -2.42. The van der Waals surface area contributed by atoms with Crippen LogP contribution in [0, 0.1) is 11.3 Å². The van der Waals surface area contributed by atoms with Gasteiger partial charge in [0.1, 0.15) is 11.3 Å². The summed E-state index contributed by atoms with van der Waals surface area (Å²) in [6.07, 6.45) is 0.329. The van der Waals surface area contributed by atoms with E-state index in [2.05, 4.69) is 12.2 Å². The third-order valence-electron chi connectivity index (χ3n) is 7.60. The molecule has 2 aromatic rings. The number of halogens is 3. The predicted molar refractivity (Wildman–Crippen MR) is 137 cm³/mol. The van der Waals surface area contributed by atoms with Crippen molar-refractivity contribution in [1.82, 2.24) is 5.32 Å². The van der Waals surface area contributed by atoms with Crippen molar-refractivity contribution in [1.29, 1.82) is 0 Å². The Morgan fingerprint density at radius 1 is 1.11 bits per heavy atom. The fourth-order valence-corrected chi connectivity index (χ4v) is 5.25. The molecule has 0 spiro atoms. The molecule has 1 fully saturated rings. The summed E-state index contributed by atoms with van der Waals surface area (Å²) in [5.74, 6) is -0.329. The van der Waals surface area contributed by atoms with Crippen LogP contribution in [-0.2, 0) is 11.0 Å². The molecule has 200 valence electrons. The van der Waals surface area contributed by atoms with Crippen LogP contribution in [0.4, 0.5) is 13.2 Å². The third kappa shape index (κ3) is 7.15. The van der Waals surface area contributed by atoms with Gasteiger partial charge < -0.3 is 15.2 Å². The van der Waals surface area contributed by atoms with Gasteiger partial charge >= 0.3 is 12.1 Å². The number of carboxylic acids is 1. The first kappa shape index (κ1) is 28.3. The molecule has 2 N–H and O–H groups in total. The van der Waals surface area contributed by atoms with Crippen LogP contribution in [0.1, 0.15) is 96.7 Å². The number of aliphatic carboxylic acids is 1. The Bertz CT molecular complexity index is 1040. The highest BCUT2D eigenvalue weighted by Crippen LogP contribution is 2.43. The highest BCUT2D eigenvalue weighted by atomic mass is 19.4. The van der Waals surface area contributed by atoms with Crippen molar-refractivity contribution in [3.05, 3.63) is 41.5 Å². The Morgan fingerprint density at radius 3 is 2.31 bits per heavy atom. The number of nitrogens with one attached hydrogen (secondary N) is 1. The minimum atomic E-state index is -4.56. The van der Waals surface area contributed by atoms with Crippen LogP contribution in [0.5, 0.6) is 5.75 Å². The van der Waals surface area contributed by atoms with Gasteiger partial charge in [0.2, 0.25) is 0 Å². The lowest BCUT2D eigenvalue weighted by atomic mass is 9.83. The quantitative estimate of drug-likeness (QED) is 0.360. The van der Waals surface area contributed by atoms with Gasteiger partial charge in [0.25, 0.3) is 0 Å². The second-order valence-electron chi connectivity index (χ2n) is 11.3. The van der Waals surface area contributed by atoms with Crippen LogP contribution < -0.4 is 10.1 Å².